The zero-order chi connectivity index (χ0) is 26.3. The van der Waals surface area contributed by atoms with E-state index >= 15 is 0 Å². The van der Waals surface area contributed by atoms with Crippen molar-refractivity contribution in [3.05, 3.63) is 102 Å². The Morgan fingerprint density at radius 1 is 0.725 bits per heavy atom. The molecule has 6 nitrogen and oxygen atoms in total. The van der Waals surface area contributed by atoms with Crippen molar-refractivity contribution in [2.75, 3.05) is 0 Å². The summed E-state index contributed by atoms with van der Waals surface area (Å²) in [7, 11) is 0. The van der Waals surface area contributed by atoms with E-state index in [2.05, 4.69) is 83.9 Å². The maximum atomic E-state index is 5.06. The largest absolute Gasteiger partial charge is 2.00 e. The van der Waals surface area contributed by atoms with Gasteiger partial charge in [0, 0.05) is 0 Å². The molecule has 40 heavy (non-hydrogen) atoms. The van der Waals surface area contributed by atoms with Crippen LogP contribution in [0.25, 0.3) is 68.9 Å². The third-order valence-electron chi connectivity index (χ3n) is 7.20. The molecule has 190 valence electrons. The Bertz CT molecular complexity index is 1920. The zero-order valence-corrected chi connectivity index (χ0v) is 25.6. The number of aromatic nitrogens is 6. The van der Waals surface area contributed by atoms with Gasteiger partial charge in [0.05, 0.1) is 41.4 Å². The number of hydrogen-bond donors (Lipinski definition) is 0. The number of imidazole rings is 1. The summed E-state index contributed by atoms with van der Waals surface area (Å²) in [5, 5.41) is 0. The number of aryl methyl sites for hydroxylation is 2. The maximum Gasteiger partial charge on any atom is 2.00 e. The van der Waals surface area contributed by atoms with Gasteiger partial charge in [-0.05, 0) is 49.3 Å². The van der Waals surface area contributed by atoms with Crippen LogP contribution in [0.15, 0.2) is 79.1 Å². The number of fused-ring (bicyclic) bond motifs is 8. The van der Waals surface area contributed by atoms with Crippen LogP contribution in [0, 0.1) is 0 Å². The quantitative estimate of drug-likeness (QED) is 0.181. The van der Waals surface area contributed by atoms with E-state index in [0.717, 1.165) is 80.4 Å². The molecule has 7 heteroatoms. The Morgan fingerprint density at radius 2 is 1.32 bits per heavy atom. The molecule has 0 saturated carbocycles. The molecule has 0 unspecified atom stereocenters. The van der Waals surface area contributed by atoms with Crippen molar-refractivity contribution in [2.45, 2.75) is 26.9 Å². The molecule has 0 atom stereocenters. The van der Waals surface area contributed by atoms with Gasteiger partial charge in [-0.1, -0.05) is 66.7 Å². The molecule has 0 fully saturated rings. The summed E-state index contributed by atoms with van der Waals surface area (Å²) in [6, 6.07) is 22.6. The molecule has 0 amide bonds. The molecule has 7 rings (SSSR count). The van der Waals surface area contributed by atoms with E-state index in [0.29, 0.717) is 0 Å². The fourth-order valence-corrected chi connectivity index (χ4v) is 5.35. The molecular formula is C33H27N6Zn+. The number of benzene rings is 1. The topological polar surface area (TPSA) is 62.8 Å². The van der Waals surface area contributed by atoms with Crippen LogP contribution in [0.2, 0.25) is 0 Å². The molecule has 0 aliphatic carbocycles. The standard InChI is InChI=1S/C33H27N6.Zn/c1-3-38-18-19-39(4-2)33(38)32-29-16-12-25(36-29)20-23-10-14-27(34-23)31(22-8-6-5-7-9-22)28-15-11-24(35-28)21-26-13-17-30(32)37-26;/h5-21H,3-4H2,1-2H3;/q-1;+2. The van der Waals surface area contributed by atoms with Crippen molar-refractivity contribution in [2.24, 2.45) is 0 Å². The van der Waals surface area contributed by atoms with E-state index in [-0.39, 0.29) is 19.5 Å². The first-order valence-electron chi connectivity index (χ1n) is 13.3. The maximum absolute atomic E-state index is 5.06. The van der Waals surface area contributed by atoms with Crippen LogP contribution in [-0.2, 0) is 32.6 Å². The average Bonchev–Trinajstić information content (AvgIpc) is 3.79. The van der Waals surface area contributed by atoms with E-state index in [4.69, 9.17) is 19.9 Å². The van der Waals surface area contributed by atoms with Gasteiger partial charge in [0.2, 0.25) is 0 Å². The molecule has 0 radical (unpaired) electrons. The van der Waals surface area contributed by atoms with Gasteiger partial charge in [0.15, 0.2) is 0 Å². The number of hydrogen-bond acceptors (Lipinski definition) is 2. The van der Waals surface area contributed by atoms with Crippen LogP contribution >= 0.6 is 0 Å². The van der Waals surface area contributed by atoms with Gasteiger partial charge in [-0.15, -0.1) is 22.1 Å². The minimum atomic E-state index is 0. The van der Waals surface area contributed by atoms with Gasteiger partial charge in [-0.25, -0.2) is 19.1 Å². The molecule has 0 N–H and O–H groups in total. The summed E-state index contributed by atoms with van der Waals surface area (Å²) in [6.07, 6.45) is 12.5. The molecule has 0 spiro atoms. The molecule has 2 aliphatic heterocycles. The summed E-state index contributed by atoms with van der Waals surface area (Å²) >= 11 is 0. The van der Waals surface area contributed by atoms with E-state index in [1.54, 1.807) is 0 Å². The third-order valence-corrected chi connectivity index (χ3v) is 7.20. The monoisotopic (exact) mass is 571 g/mol. The van der Waals surface area contributed by atoms with Crippen LogP contribution < -0.4 is 14.5 Å². The van der Waals surface area contributed by atoms with Crippen LogP contribution in [0.5, 0.6) is 0 Å². The molecule has 8 bridgehead atoms. The van der Waals surface area contributed by atoms with E-state index in [9.17, 15) is 0 Å². The summed E-state index contributed by atoms with van der Waals surface area (Å²) in [5.41, 5.74) is 10.1. The Labute approximate surface area is 245 Å². The van der Waals surface area contributed by atoms with Gasteiger partial charge >= 0.3 is 19.5 Å². The predicted molar refractivity (Wildman–Crippen MR) is 157 cm³/mol. The minimum Gasteiger partial charge on any atom is -0.657 e. The van der Waals surface area contributed by atoms with Crippen molar-refractivity contribution in [1.82, 2.24) is 24.5 Å². The van der Waals surface area contributed by atoms with E-state index < -0.39 is 0 Å². The molecule has 1 aromatic carbocycles. The van der Waals surface area contributed by atoms with Crippen molar-refractivity contribution < 1.29 is 24.0 Å². The van der Waals surface area contributed by atoms with Crippen LogP contribution in [0.3, 0.4) is 0 Å². The van der Waals surface area contributed by atoms with Gasteiger partial charge in [0.1, 0.15) is 12.4 Å². The second-order valence-corrected chi connectivity index (χ2v) is 9.62. The van der Waals surface area contributed by atoms with Gasteiger partial charge in [0.25, 0.3) is 5.82 Å². The summed E-state index contributed by atoms with van der Waals surface area (Å²) < 4.78 is 4.51. The molecule has 6 heterocycles. The Kier molecular flexibility index (Phi) is 6.91. The van der Waals surface area contributed by atoms with E-state index in [1.165, 1.54) is 0 Å². The molecule has 5 aromatic rings. The Hall–Kier alpha value is -4.35. The van der Waals surface area contributed by atoms with Crippen molar-refractivity contribution in [3.63, 3.8) is 0 Å². The third kappa shape index (κ3) is 4.57. The summed E-state index contributed by atoms with van der Waals surface area (Å²) in [6.45, 7) is 6.03. The Morgan fingerprint density at radius 3 is 1.93 bits per heavy atom. The minimum absolute atomic E-state index is 0. The molecule has 0 saturated heterocycles. The second kappa shape index (κ2) is 10.7. The molecular weight excluding hydrogens is 546 g/mol. The van der Waals surface area contributed by atoms with Crippen molar-refractivity contribution in [1.29, 1.82) is 0 Å². The fourth-order valence-electron chi connectivity index (χ4n) is 5.35. The average molecular weight is 573 g/mol. The number of nitrogens with zero attached hydrogens (tertiary/aromatic N) is 6. The predicted octanol–water partition coefficient (Wildman–Crippen LogP) is 6.37. The first kappa shape index (κ1) is 25.9. The van der Waals surface area contributed by atoms with Gasteiger partial charge in [-0.3, -0.25) is 0 Å². The summed E-state index contributed by atoms with van der Waals surface area (Å²) in [5.74, 6) is 1.10. The van der Waals surface area contributed by atoms with Crippen LogP contribution in [0.4, 0.5) is 0 Å². The zero-order valence-electron chi connectivity index (χ0n) is 22.6. The second-order valence-electron chi connectivity index (χ2n) is 9.62. The summed E-state index contributed by atoms with van der Waals surface area (Å²) in [4.78, 5) is 20.1. The molecule has 2 aliphatic rings. The van der Waals surface area contributed by atoms with Crippen molar-refractivity contribution in [3.8, 4) is 22.5 Å². The number of rotatable bonds is 4. The van der Waals surface area contributed by atoms with Crippen LogP contribution in [0.1, 0.15) is 36.6 Å². The molecule has 4 aromatic heterocycles. The van der Waals surface area contributed by atoms with Crippen LogP contribution in [-0.4, -0.2) is 14.5 Å². The van der Waals surface area contributed by atoms with Gasteiger partial charge < -0.3 is 9.97 Å². The van der Waals surface area contributed by atoms with E-state index in [1.807, 2.05) is 42.5 Å². The van der Waals surface area contributed by atoms with Crippen molar-refractivity contribution >= 4 is 46.4 Å². The Balaban J connectivity index is 0.00000289. The first-order valence-corrected chi connectivity index (χ1v) is 13.3. The van der Waals surface area contributed by atoms with Gasteiger partial charge in [-0.2, -0.15) is 0 Å². The fraction of sp³-hybridized carbons (Fsp3) is 0.121. The normalized spacial score (nSPS) is 12.1. The SMILES string of the molecule is CCn1cc[n+](CC)c1-c1c2nc(cc3ccc([n-]3)c(-c3ccccc3)c3nc(cc4ccc1[n-]4)C=C3)C=C2.[Zn+2]. The smallest absolute Gasteiger partial charge is 0.657 e. The first-order chi connectivity index (χ1) is 19.2.